The van der Waals surface area contributed by atoms with Crippen molar-refractivity contribution in [2.24, 2.45) is 5.92 Å². The number of anilines is 1. The summed E-state index contributed by atoms with van der Waals surface area (Å²) in [5.41, 5.74) is 1.90. The summed E-state index contributed by atoms with van der Waals surface area (Å²) in [6.07, 6.45) is 4.50. The molecule has 1 aliphatic rings. The second-order valence-electron chi connectivity index (χ2n) is 6.58. The minimum absolute atomic E-state index is 0. The Morgan fingerprint density at radius 1 is 1.20 bits per heavy atom. The minimum Gasteiger partial charge on any atom is -0.353 e. The second-order valence-corrected chi connectivity index (χ2v) is 6.58. The Balaban J connectivity index is 0.00000312. The van der Waals surface area contributed by atoms with Crippen LogP contribution >= 0.6 is 12.4 Å². The number of halogens is 1. The van der Waals surface area contributed by atoms with Gasteiger partial charge in [0.1, 0.15) is 0 Å². The molecule has 5 nitrogen and oxygen atoms in total. The smallest absolute Gasteiger partial charge is 0.226 e. The van der Waals surface area contributed by atoms with Gasteiger partial charge in [0.2, 0.25) is 11.8 Å². The molecule has 0 heterocycles. The van der Waals surface area contributed by atoms with Gasteiger partial charge in [-0.3, -0.25) is 9.59 Å². The predicted octanol–water partition coefficient (Wildman–Crippen LogP) is 3.24. The molecule has 1 aromatic carbocycles. The molecule has 1 saturated carbocycles. The van der Waals surface area contributed by atoms with Crippen LogP contribution in [0, 0.1) is 5.92 Å². The molecule has 1 unspecified atom stereocenters. The van der Waals surface area contributed by atoms with Crippen molar-refractivity contribution < 1.29 is 9.59 Å². The molecule has 1 aromatic rings. The highest BCUT2D eigenvalue weighted by Crippen LogP contribution is 2.24. The summed E-state index contributed by atoms with van der Waals surface area (Å²) < 4.78 is 0. The predicted molar refractivity (Wildman–Crippen MR) is 104 cm³/mol. The third kappa shape index (κ3) is 7.04. The molecule has 1 aliphatic carbocycles. The fraction of sp³-hybridized carbons (Fsp3) is 0.579. The molecule has 0 aromatic heterocycles. The lowest BCUT2D eigenvalue weighted by atomic mass is 10.1. The average Bonchev–Trinajstić information content (AvgIpc) is 3.08. The molecule has 0 saturated heterocycles. The number of para-hydroxylation sites is 1. The van der Waals surface area contributed by atoms with Crippen LogP contribution in [0.15, 0.2) is 24.3 Å². The minimum atomic E-state index is -0.154. The number of carbonyl (C=O) groups excluding carboxylic acids is 2. The fourth-order valence-electron chi connectivity index (χ4n) is 3.14. The van der Waals surface area contributed by atoms with Crippen LogP contribution in [-0.2, 0) is 16.1 Å². The lowest BCUT2D eigenvalue weighted by Crippen LogP contribution is -2.38. The van der Waals surface area contributed by atoms with Crippen molar-refractivity contribution in [3.05, 3.63) is 29.8 Å². The van der Waals surface area contributed by atoms with E-state index in [1.807, 2.05) is 31.2 Å². The second kappa shape index (κ2) is 11.1. The van der Waals surface area contributed by atoms with Gasteiger partial charge in [-0.15, -0.1) is 12.4 Å². The van der Waals surface area contributed by atoms with Crippen molar-refractivity contribution in [1.29, 1.82) is 0 Å². The maximum atomic E-state index is 12.3. The van der Waals surface area contributed by atoms with Gasteiger partial charge in [0.15, 0.2) is 0 Å². The van der Waals surface area contributed by atoms with Crippen LogP contribution < -0.4 is 16.0 Å². The van der Waals surface area contributed by atoms with E-state index in [9.17, 15) is 9.59 Å². The summed E-state index contributed by atoms with van der Waals surface area (Å²) in [6.45, 7) is 5.54. The van der Waals surface area contributed by atoms with Gasteiger partial charge in [-0.1, -0.05) is 38.0 Å². The van der Waals surface area contributed by atoms with E-state index < -0.39 is 0 Å². The van der Waals surface area contributed by atoms with E-state index in [4.69, 9.17) is 0 Å². The highest BCUT2D eigenvalue weighted by molar-refractivity contribution is 5.92. The van der Waals surface area contributed by atoms with E-state index >= 15 is 0 Å². The summed E-state index contributed by atoms with van der Waals surface area (Å²) in [7, 11) is 0. The number of hydrogen-bond donors (Lipinski definition) is 3. The highest BCUT2D eigenvalue weighted by Gasteiger charge is 2.24. The molecule has 3 N–H and O–H groups in total. The molecule has 2 amide bonds. The van der Waals surface area contributed by atoms with Crippen molar-refractivity contribution in [2.75, 3.05) is 11.9 Å². The van der Waals surface area contributed by atoms with Crippen LogP contribution in [0.2, 0.25) is 0 Å². The summed E-state index contributed by atoms with van der Waals surface area (Å²) in [5, 5.41) is 9.21. The number of carbonyl (C=O) groups is 2. The number of amides is 2. The first kappa shape index (κ1) is 21.5. The van der Waals surface area contributed by atoms with E-state index in [1.54, 1.807) is 0 Å². The Kier molecular flexibility index (Phi) is 9.53. The lowest BCUT2D eigenvalue weighted by molar-refractivity contribution is -0.125. The molecule has 25 heavy (non-hydrogen) atoms. The zero-order valence-electron chi connectivity index (χ0n) is 15.1. The topological polar surface area (TPSA) is 70.2 Å². The summed E-state index contributed by atoms with van der Waals surface area (Å²) in [6, 6.07) is 7.64. The van der Waals surface area contributed by atoms with Crippen LogP contribution in [-0.4, -0.2) is 24.4 Å². The van der Waals surface area contributed by atoms with Crippen molar-refractivity contribution >= 4 is 29.9 Å². The van der Waals surface area contributed by atoms with Crippen molar-refractivity contribution in [3.8, 4) is 0 Å². The lowest BCUT2D eigenvalue weighted by Gasteiger charge is -2.17. The quantitative estimate of drug-likeness (QED) is 0.660. The molecule has 0 aliphatic heterocycles. The third-order valence-corrected chi connectivity index (χ3v) is 4.46. The molecule has 0 bridgehead atoms. The van der Waals surface area contributed by atoms with Crippen LogP contribution in [0.4, 0.5) is 5.69 Å². The first-order chi connectivity index (χ1) is 11.6. The number of nitrogens with one attached hydrogen (secondary N) is 3. The Morgan fingerprint density at radius 2 is 1.88 bits per heavy atom. The molecular weight excluding hydrogens is 338 g/mol. The van der Waals surface area contributed by atoms with E-state index in [-0.39, 0.29) is 42.6 Å². The molecule has 0 radical (unpaired) electrons. The van der Waals surface area contributed by atoms with Crippen LogP contribution in [0.5, 0.6) is 0 Å². The van der Waals surface area contributed by atoms with Crippen LogP contribution in [0.25, 0.3) is 0 Å². The van der Waals surface area contributed by atoms with Gasteiger partial charge in [0.25, 0.3) is 0 Å². The van der Waals surface area contributed by atoms with E-state index in [2.05, 4.69) is 22.9 Å². The Labute approximate surface area is 156 Å². The van der Waals surface area contributed by atoms with Crippen molar-refractivity contribution in [2.45, 2.75) is 58.5 Å². The number of hydrogen-bond acceptors (Lipinski definition) is 3. The molecular formula is C19H30ClN3O2. The Bertz CT molecular complexity index is 559. The Morgan fingerprint density at radius 3 is 2.56 bits per heavy atom. The van der Waals surface area contributed by atoms with Gasteiger partial charge >= 0.3 is 0 Å². The molecule has 0 spiro atoms. The summed E-state index contributed by atoms with van der Waals surface area (Å²) in [5.74, 6) is 0.162. The summed E-state index contributed by atoms with van der Waals surface area (Å²) in [4.78, 5) is 24.4. The zero-order valence-corrected chi connectivity index (χ0v) is 16.0. The van der Waals surface area contributed by atoms with Crippen LogP contribution in [0.1, 0.15) is 51.5 Å². The number of rotatable bonds is 8. The van der Waals surface area contributed by atoms with Gasteiger partial charge in [-0.05, 0) is 37.9 Å². The van der Waals surface area contributed by atoms with Gasteiger partial charge in [0, 0.05) is 30.6 Å². The van der Waals surface area contributed by atoms with Gasteiger partial charge < -0.3 is 16.0 Å². The largest absolute Gasteiger partial charge is 0.353 e. The standard InChI is InChI=1S/C19H29N3O2.ClH/c1-3-20-13-16-10-6-7-11-17(16)22-18(23)12-14(2)21-19(24)15-8-4-5-9-15;/h6-7,10-11,14-15,20H,3-5,8-9,12-13H2,1-2H3,(H,21,24)(H,22,23);1H. The van der Waals surface area contributed by atoms with E-state index in [0.29, 0.717) is 0 Å². The fourth-order valence-corrected chi connectivity index (χ4v) is 3.14. The first-order valence-corrected chi connectivity index (χ1v) is 8.99. The van der Waals surface area contributed by atoms with Gasteiger partial charge in [0.05, 0.1) is 0 Å². The molecule has 1 fully saturated rings. The maximum absolute atomic E-state index is 12.3. The maximum Gasteiger partial charge on any atom is 0.226 e. The van der Waals surface area contributed by atoms with Gasteiger partial charge in [-0.2, -0.15) is 0 Å². The van der Waals surface area contributed by atoms with Crippen molar-refractivity contribution in [3.63, 3.8) is 0 Å². The van der Waals surface area contributed by atoms with E-state index in [0.717, 1.165) is 50.0 Å². The van der Waals surface area contributed by atoms with Gasteiger partial charge in [-0.25, -0.2) is 0 Å². The molecule has 6 heteroatoms. The first-order valence-electron chi connectivity index (χ1n) is 8.99. The van der Waals surface area contributed by atoms with E-state index in [1.165, 1.54) is 0 Å². The van der Waals surface area contributed by atoms with Crippen LogP contribution in [0.3, 0.4) is 0 Å². The Hall–Kier alpha value is -1.59. The zero-order chi connectivity index (χ0) is 17.4. The third-order valence-electron chi connectivity index (χ3n) is 4.46. The average molecular weight is 368 g/mol. The number of benzene rings is 1. The molecule has 1 atom stereocenters. The monoisotopic (exact) mass is 367 g/mol. The SMILES string of the molecule is CCNCc1ccccc1NC(=O)CC(C)NC(=O)C1CCCC1.Cl. The normalized spacial score (nSPS) is 15.3. The summed E-state index contributed by atoms with van der Waals surface area (Å²) >= 11 is 0. The van der Waals surface area contributed by atoms with Crippen molar-refractivity contribution in [1.82, 2.24) is 10.6 Å². The molecule has 2 rings (SSSR count). The molecule has 140 valence electrons. The highest BCUT2D eigenvalue weighted by atomic mass is 35.5.